The van der Waals surface area contributed by atoms with Gasteiger partial charge < -0.3 is 10.3 Å². The fraction of sp³-hybridized carbons (Fsp3) is 0.400. The molecule has 5 rings (SSSR count). The molecule has 0 spiro atoms. The quantitative estimate of drug-likeness (QED) is 0.341. The number of hydrogen-bond acceptors (Lipinski definition) is 5. The van der Waals surface area contributed by atoms with E-state index in [1.807, 2.05) is 36.4 Å². The third-order valence-corrected chi connectivity index (χ3v) is 8.20. The standard InChI is InChI=1S/C25H28N4OS2/c1-31-15-12-20(23-27-17-8-2-3-9-18(17)28-23)29-24(30)25(13-6-7-14-25)16-22-26-19-10-4-5-11-21(19)32-22/h2-5,8-11,20H,6-7,12-16H2,1H3,(H,27,28)(H,29,30)/t20-/m0/s1. The zero-order valence-electron chi connectivity index (χ0n) is 18.3. The second-order valence-corrected chi connectivity index (χ2v) is 10.8. The Morgan fingerprint density at radius 2 is 1.88 bits per heavy atom. The molecule has 32 heavy (non-hydrogen) atoms. The van der Waals surface area contributed by atoms with E-state index in [0.29, 0.717) is 6.42 Å². The van der Waals surface area contributed by atoms with Crippen LogP contribution in [-0.4, -0.2) is 32.9 Å². The Balaban J connectivity index is 1.40. The molecule has 0 radical (unpaired) electrons. The molecule has 166 valence electrons. The first-order chi connectivity index (χ1) is 15.7. The molecule has 0 saturated heterocycles. The highest BCUT2D eigenvalue weighted by atomic mass is 32.2. The number of benzene rings is 2. The highest BCUT2D eigenvalue weighted by Crippen LogP contribution is 2.43. The summed E-state index contributed by atoms with van der Waals surface area (Å²) in [5.41, 5.74) is 2.60. The van der Waals surface area contributed by atoms with Crippen LogP contribution in [0.3, 0.4) is 0 Å². The Hall–Kier alpha value is -2.38. The van der Waals surface area contributed by atoms with Crippen molar-refractivity contribution in [3.63, 3.8) is 0 Å². The van der Waals surface area contributed by atoms with Crippen molar-refractivity contribution in [1.82, 2.24) is 20.3 Å². The summed E-state index contributed by atoms with van der Waals surface area (Å²) in [5, 5.41) is 4.46. The molecule has 1 aliphatic rings. The number of aromatic nitrogens is 3. The van der Waals surface area contributed by atoms with Gasteiger partial charge in [0, 0.05) is 6.42 Å². The summed E-state index contributed by atoms with van der Waals surface area (Å²) < 4.78 is 1.19. The average Bonchev–Trinajstić information content (AvgIpc) is 3.54. The number of thioether (sulfide) groups is 1. The summed E-state index contributed by atoms with van der Waals surface area (Å²) in [6.45, 7) is 0. The van der Waals surface area contributed by atoms with Gasteiger partial charge >= 0.3 is 0 Å². The van der Waals surface area contributed by atoms with E-state index in [1.54, 1.807) is 23.1 Å². The van der Waals surface area contributed by atoms with Crippen LogP contribution in [0.15, 0.2) is 48.5 Å². The van der Waals surface area contributed by atoms with Crippen molar-refractivity contribution in [1.29, 1.82) is 0 Å². The molecule has 0 aliphatic heterocycles. The van der Waals surface area contributed by atoms with Gasteiger partial charge in [0.2, 0.25) is 5.91 Å². The predicted octanol–water partition coefficient (Wildman–Crippen LogP) is 5.89. The number of carbonyl (C=O) groups is 1. The Labute approximate surface area is 196 Å². The Kier molecular flexibility index (Phi) is 6.20. The van der Waals surface area contributed by atoms with Gasteiger partial charge in [-0.1, -0.05) is 37.1 Å². The highest BCUT2D eigenvalue weighted by Gasteiger charge is 2.43. The number of fused-ring (bicyclic) bond motifs is 2. The molecule has 1 fully saturated rings. The van der Waals surface area contributed by atoms with Crippen LogP contribution in [0.1, 0.15) is 49.0 Å². The van der Waals surface area contributed by atoms with Gasteiger partial charge in [0.05, 0.1) is 37.7 Å². The largest absolute Gasteiger partial charge is 0.346 e. The van der Waals surface area contributed by atoms with E-state index in [1.165, 1.54) is 4.70 Å². The van der Waals surface area contributed by atoms with E-state index in [0.717, 1.165) is 65.2 Å². The van der Waals surface area contributed by atoms with Crippen molar-refractivity contribution in [2.75, 3.05) is 12.0 Å². The second kappa shape index (κ2) is 9.24. The van der Waals surface area contributed by atoms with E-state index in [-0.39, 0.29) is 17.4 Å². The maximum absolute atomic E-state index is 13.8. The lowest BCUT2D eigenvalue weighted by Crippen LogP contribution is -2.43. The molecule has 2 aromatic carbocycles. The molecule has 1 atom stereocenters. The number of amides is 1. The van der Waals surface area contributed by atoms with E-state index >= 15 is 0 Å². The predicted molar refractivity (Wildman–Crippen MR) is 134 cm³/mol. The molecule has 0 bridgehead atoms. The van der Waals surface area contributed by atoms with Crippen LogP contribution in [0.4, 0.5) is 0 Å². The number of carbonyl (C=O) groups excluding carboxylic acids is 1. The van der Waals surface area contributed by atoms with Crippen molar-refractivity contribution in [3.8, 4) is 0 Å². The van der Waals surface area contributed by atoms with Crippen molar-refractivity contribution in [3.05, 3.63) is 59.4 Å². The summed E-state index contributed by atoms with van der Waals surface area (Å²) in [4.78, 5) is 26.8. The van der Waals surface area contributed by atoms with Crippen molar-refractivity contribution in [2.45, 2.75) is 44.6 Å². The normalized spacial score (nSPS) is 16.5. The molecule has 2 aromatic heterocycles. The SMILES string of the molecule is CSCC[C@H](NC(=O)C1(Cc2nc3ccccc3s2)CCCC1)c1nc2ccccc2[nH]1. The fourth-order valence-corrected chi connectivity index (χ4v) is 6.37. The average molecular weight is 465 g/mol. The molecule has 1 amide bonds. The minimum atomic E-state index is -0.377. The number of nitrogens with one attached hydrogen (secondary N) is 2. The molecular weight excluding hydrogens is 436 g/mol. The van der Waals surface area contributed by atoms with Crippen LogP contribution < -0.4 is 5.32 Å². The summed E-state index contributed by atoms with van der Waals surface area (Å²) in [7, 11) is 0. The van der Waals surface area contributed by atoms with Gasteiger partial charge in [0.15, 0.2) is 0 Å². The first kappa shape index (κ1) is 21.5. The van der Waals surface area contributed by atoms with E-state index in [2.05, 4.69) is 28.7 Å². The van der Waals surface area contributed by atoms with Crippen LogP contribution in [-0.2, 0) is 11.2 Å². The third kappa shape index (κ3) is 4.28. The van der Waals surface area contributed by atoms with E-state index in [9.17, 15) is 4.79 Å². The lowest BCUT2D eigenvalue weighted by molar-refractivity contribution is -0.131. The maximum atomic E-state index is 13.8. The molecule has 0 unspecified atom stereocenters. The molecule has 4 aromatic rings. The second-order valence-electron chi connectivity index (χ2n) is 8.69. The number of para-hydroxylation sites is 3. The Morgan fingerprint density at radius 3 is 2.62 bits per heavy atom. The van der Waals surface area contributed by atoms with Crippen LogP contribution in [0, 0.1) is 5.41 Å². The Bertz CT molecular complexity index is 1160. The van der Waals surface area contributed by atoms with Crippen molar-refractivity contribution < 1.29 is 4.79 Å². The fourth-order valence-electron chi connectivity index (χ4n) is 4.78. The smallest absolute Gasteiger partial charge is 0.227 e. The minimum absolute atomic E-state index is 0.116. The van der Waals surface area contributed by atoms with Gasteiger partial charge in [0.1, 0.15) is 5.82 Å². The molecule has 7 heteroatoms. The van der Waals surface area contributed by atoms with E-state index in [4.69, 9.17) is 9.97 Å². The molecule has 2 N–H and O–H groups in total. The molecule has 5 nitrogen and oxygen atoms in total. The van der Waals surface area contributed by atoms with Crippen LogP contribution in [0.25, 0.3) is 21.3 Å². The van der Waals surface area contributed by atoms with Crippen molar-refractivity contribution in [2.24, 2.45) is 5.41 Å². The van der Waals surface area contributed by atoms with Crippen molar-refractivity contribution >= 4 is 50.3 Å². The molecule has 2 heterocycles. The maximum Gasteiger partial charge on any atom is 0.227 e. The number of aromatic amines is 1. The number of rotatable bonds is 8. The summed E-state index contributed by atoms with van der Waals surface area (Å²) >= 11 is 3.51. The van der Waals surface area contributed by atoms with Crippen LogP contribution in [0.2, 0.25) is 0 Å². The number of H-pyrrole nitrogens is 1. The number of nitrogens with zero attached hydrogens (tertiary/aromatic N) is 2. The van der Waals surface area contributed by atoms with Gasteiger partial charge in [-0.25, -0.2) is 9.97 Å². The van der Waals surface area contributed by atoms with Crippen LogP contribution >= 0.6 is 23.1 Å². The molecule has 1 aliphatic carbocycles. The summed E-state index contributed by atoms with van der Waals surface area (Å²) in [5.74, 6) is 1.97. The zero-order chi connectivity index (χ0) is 22.0. The van der Waals surface area contributed by atoms with Gasteiger partial charge in [-0.2, -0.15) is 11.8 Å². The zero-order valence-corrected chi connectivity index (χ0v) is 19.9. The highest BCUT2D eigenvalue weighted by molar-refractivity contribution is 7.98. The monoisotopic (exact) mass is 464 g/mol. The van der Waals surface area contributed by atoms with E-state index < -0.39 is 0 Å². The summed E-state index contributed by atoms with van der Waals surface area (Å²) in [6, 6.07) is 16.2. The number of thiazole rings is 1. The lowest BCUT2D eigenvalue weighted by Gasteiger charge is -2.29. The number of imidazole rings is 1. The topological polar surface area (TPSA) is 70.7 Å². The van der Waals surface area contributed by atoms with Gasteiger partial charge in [0.25, 0.3) is 0 Å². The van der Waals surface area contributed by atoms with Gasteiger partial charge in [-0.3, -0.25) is 4.79 Å². The van der Waals surface area contributed by atoms with Gasteiger partial charge in [-0.15, -0.1) is 11.3 Å². The minimum Gasteiger partial charge on any atom is -0.346 e. The summed E-state index contributed by atoms with van der Waals surface area (Å²) in [6.07, 6.45) is 7.70. The third-order valence-electron chi connectivity index (χ3n) is 6.52. The first-order valence-electron chi connectivity index (χ1n) is 11.3. The number of hydrogen-bond donors (Lipinski definition) is 2. The first-order valence-corrected chi connectivity index (χ1v) is 13.5. The lowest BCUT2D eigenvalue weighted by atomic mass is 9.81. The van der Waals surface area contributed by atoms with Crippen LogP contribution in [0.5, 0.6) is 0 Å². The molecule has 1 saturated carbocycles. The Morgan fingerprint density at radius 1 is 1.12 bits per heavy atom. The van der Waals surface area contributed by atoms with Gasteiger partial charge in [-0.05, 0) is 55.5 Å². The molecular formula is C25H28N4OS2.